The first-order valence-corrected chi connectivity index (χ1v) is 6.58. The molecule has 1 aromatic heterocycles. The highest BCUT2D eigenvalue weighted by Gasteiger charge is 2.19. The van der Waals surface area contributed by atoms with Gasteiger partial charge in [0.25, 0.3) is 5.91 Å². The van der Waals surface area contributed by atoms with Crippen LogP contribution in [0.1, 0.15) is 31.1 Å². The first-order valence-electron chi connectivity index (χ1n) is 6.58. The zero-order valence-corrected chi connectivity index (χ0v) is 11.8. The van der Waals surface area contributed by atoms with Gasteiger partial charge in [-0.15, -0.1) is 0 Å². The number of amides is 1. The first-order chi connectivity index (χ1) is 9.10. The lowest BCUT2D eigenvalue weighted by molar-refractivity contribution is 0.0725. The van der Waals surface area contributed by atoms with E-state index in [4.69, 9.17) is 9.84 Å². The van der Waals surface area contributed by atoms with Gasteiger partial charge in [0.15, 0.2) is 0 Å². The van der Waals surface area contributed by atoms with Crippen molar-refractivity contribution in [1.82, 2.24) is 9.88 Å². The van der Waals surface area contributed by atoms with Crippen LogP contribution in [0.4, 0.5) is 0 Å². The average molecular weight is 266 g/mol. The Morgan fingerprint density at radius 2 is 2.26 bits per heavy atom. The summed E-state index contributed by atoms with van der Waals surface area (Å²) in [5.74, 6) is 0.561. The van der Waals surface area contributed by atoms with E-state index in [0.717, 1.165) is 0 Å². The topological polar surface area (TPSA) is 62.7 Å². The third-order valence-corrected chi connectivity index (χ3v) is 2.59. The van der Waals surface area contributed by atoms with E-state index in [-0.39, 0.29) is 12.5 Å². The van der Waals surface area contributed by atoms with Crippen LogP contribution >= 0.6 is 0 Å². The summed E-state index contributed by atoms with van der Waals surface area (Å²) in [4.78, 5) is 18.0. The van der Waals surface area contributed by atoms with Gasteiger partial charge in [0, 0.05) is 19.3 Å². The van der Waals surface area contributed by atoms with Gasteiger partial charge >= 0.3 is 0 Å². The second kappa shape index (κ2) is 7.74. The number of nitrogens with zero attached hydrogens (tertiary/aromatic N) is 2. The second-order valence-electron chi connectivity index (χ2n) is 4.67. The quantitative estimate of drug-likeness (QED) is 0.813. The molecular weight excluding hydrogens is 244 g/mol. The Hall–Kier alpha value is -1.62. The molecule has 5 heteroatoms. The minimum absolute atomic E-state index is 0.0535. The molecule has 0 bridgehead atoms. The fourth-order valence-corrected chi connectivity index (χ4v) is 1.61. The SMILES string of the molecule is CCN(CCO)C(=O)c1cccnc1OCC(C)C. The van der Waals surface area contributed by atoms with Crippen LogP contribution in [0.25, 0.3) is 0 Å². The summed E-state index contributed by atoms with van der Waals surface area (Å²) in [6, 6.07) is 3.41. The van der Waals surface area contributed by atoms with Crippen molar-refractivity contribution in [2.75, 3.05) is 26.3 Å². The van der Waals surface area contributed by atoms with Crippen molar-refractivity contribution in [3.8, 4) is 5.88 Å². The van der Waals surface area contributed by atoms with Crippen molar-refractivity contribution in [1.29, 1.82) is 0 Å². The average Bonchev–Trinajstić information content (AvgIpc) is 2.42. The fourth-order valence-electron chi connectivity index (χ4n) is 1.61. The zero-order chi connectivity index (χ0) is 14.3. The van der Waals surface area contributed by atoms with Crippen LogP contribution in [0.5, 0.6) is 5.88 Å². The molecule has 0 unspecified atom stereocenters. The number of aliphatic hydroxyl groups excluding tert-OH is 1. The summed E-state index contributed by atoms with van der Waals surface area (Å²) in [6.45, 7) is 7.26. The van der Waals surface area contributed by atoms with Crippen molar-refractivity contribution >= 4 is 5.91 Å². The molecule has 0 spiro atoms. The number of hydrogen-bond donors (Lipinski definition) is 1. The predicted molar refractivity (Wildman–Crippen MR) is 73.2 cm³/mol. The van der Waals surface area contributed by atoms with Gasteiger partial charge in [0.1, 0.15) is 5.56 Å². The number of aromatic nitrogens is 1. The molecule has 0 aliphatic rings. The van der Waals surface area contributed by atoms with E-state index in [9.17, 15) is 4.79 Å². The number of pyridine rings is 1. The van der Waals surface area contributed by atoms with Gasteiger partial charge < -0.3 is 14.7 Å². The predicted octanol–water partition coefficient (Wildman–Crippen LogP) is 1.57. The zero-order valence-electron chi connectivity index (χ0n) is 11.8. The molecule has 1 amide bonds. The number of carbonyl (C=O) groups excluding carboxylic acids is 1. The standard InChI is InChI=1S/C14H22N2O3/c1-4-16(8-9-17)14(18)12-6-5-7-15-13(12)19-10-11(2)3/h5-7,11,17H,4,8-10H2,1-3H3. The number of aliphatic hydroxyl groups is 1. The molecule has 1 N–H and O–H groups in total. The van der Waals surface area contributed by atoms with Crippen LogP contribution in [0, 0.1) is 5.92 Å². The molecule has 106 valence electrons. The highest BCUT2D eigenvalue weighted by molar-refractivity contribution is 5.96. The number of hydrogen-bond acceptors (Lipinski definition) is 4. The minimum atomic E-state index is -0.164. The summed E-state index contributed by atoms with van der Waals surface area (Å²) >= 11 is 0. The molecule has 0 aliphatic carbocycles. The molecular formula is C14H22N2O3. The minimum Gasteiger partial charge on any atom is -0.477 e. The highest BCUT2D eigenvalue weighted by Crippen LogP contribution is 2.17. The lowest BCUT2D eigenvalue weighted by Crippen LogP contribution is -2.33. The number of rotatable bonds is 7. The van der Waals surface area contributed by atoms with E-state index in [1.165, 1.54) is 0 Å². The molecule has 0 saturated carbocycles. The van der Waals surface area contributed by atoms with E-state index in [1.54, 1.807) is 23.2 Å². The lowest BCUT2D eigenvalue weighted by Gasteiger charge is -2.21. The summed E-state index contributed by atoms with van der Waals surface area (Å²) in [5, 5.41) is 8.97. The number of likely N-dealkylation sites (N-methyl/N-ethyl adjacent to an activating group) is 1. The van der Waals surface area contributed by atoms with Crippen molar-refractivity contribution in [3.05, 3.63) is 23.9 Å². The summed E-state index contributed by atoms with van der Waals surface area (Å²) in [5.41, 5.74) is 0.443. The Balaban J connectivity index is 2.89. The molecule has 1 rings (SSSR count). The van der Waals surface area contributed by atoms with Crippen LogP contribution in [-0.4, -0.2) is 47.2 Å². The lowest BCUT2D eigenvalue weighted by atomic mass is 10.2. The van der Waals surface area contributed by atoms with Crippen molar-refractivity contribution < 1.29 is 14.6 Å². The van der Waals surface area contributed by atoms with Gasteiger partial charge in [-0.05, 0) is 25.0 Å². The van der Waals surface area contributed by atoms with Gasteiger partial charge in [0.05, 0.1) is 13.2 Å². The first kappa shape index (κ1) is 15.4. The Morgan fingerprint density at radius 1 is 1.53 bits per heavy atom. The molecule has 0 atom stereocenters. The summed E-state index contributed by atoms with van der Waals surface area (Å²) < 4.78 is 5.57. The van der Waals surface area contributed by atoms with E-state index < -0.39 is 0 Å². The van der Waals surface area contributed by atoms with Gasteiger partial charge in [-0.3, -0.25) is 4.79 Å². The Bertz CT molecular complexity index is 407. The van der Waals surface area contributed by atoms with Crippen molar-refractivity contribution in [2.24, 2.45) is 5.92 Å². The highest BCUT2D eigenvalue weighted by atomic mass is 16.5. The number of carbonyl (C=O) groups is 1. The monoisotopic (exact) mass is 266 g/mol. The third kappa shape index (κ3) is 4.52. The summed E-state index contributed by atoms with van der Waals surface area (Å²) in [6.07, 6.45) is 1.61. The maximum absolute atomic E-state index is 12.3. The molecule has 0 aliphatic heterocycles. The second-order valence-corrected chi connectivity index (χ2v) is 4.67. The smallest absolute Gasteiger partial charge is 0.259 e. The third-order valence-electron chi connectivity index (χ3n) is 2.59. The molecule has 0 saturated heterocycles. The van der Waals surface area contributed by atoms with Crippen LogP contribution < -0.4 is 4.74 Å². The van der Waals surface area contributed by atoms with Crippen molar-refractivity contribution in [3.63, 3.8) is 0 Å². The molecule has 0 aromatic carbocycles. The van der Waals surface area contributed by atoms with Gasteiger partial charge in [-0.1, -0.05) is 13.8 Å². The molecule has 1 aromatic rings. The number of ether oxygens (including phenoxy) is 1. The maximum atomic E-state index is 12.3. The largest absolute Gasteiger partial charge is 0.477 e. The van der Waals surface area contributed by atoms with Crippen LogP contribution in [-0.2, 0) is 0 Å². The molecule has 5 nitrogen and oxygen atoms in total. The Labute approximate surface area is 114 Å². The summed E-state index contributed by atoms with van der Waals surface area (Å²) in [7, 11) is 0. The van der Waals surface area contributed by atoms with Crippen LogP contribution in [0.15, 0.2) is 18.3 Å². The van der Waals surface area contributed by atoms with Crippen LogP contribution in [0.2, 0.25) is 0 Å². The maximum Gasteiger partial charge on any atom is 0.259 e. The normalized spacial score (nSPS) is 10.6. The molecule has 19 heavy (non-hydrogen) atoms. The van der Waals surface area contributed by atoms with Crippen LogP contribution in [0.3, 0.4) is 0 Å². The van der Waals surface area contributed by atoms with Crippen molar-refractivity contribution in [2.45, 2.75) is 20.8 Å². The van der Waals surface area contributed by atoms with E-state index in [1.807, 2.05) is 20.8 Å². The van der Waals surface area contributed by atoms with Gasteiger partial charge in [-0.2, -0.15) is 0 Å². The molecule has 0 radical (unpaired) electrons. The fraction of sp³-hybridized carbons (Fsp3) is 0.571. The van der Waals surface area contributed by atoms with E-state index in [2.05, 4.69) is 4.98 Å². The molecule has 1 heterocycles. The van der Waals surface area contributed by atoms with E-state index in [0.29, 0.717) is 37.1 Å². The Morgan fingerprint density at radius 3 is 2.84 bits per heavy atom. The Kier molecular flexibility index (Phi) is 6.29. The van der Waals surface area contributed by atoms with Gasteiger partial charge in [-0.25, -0.2) is 4.98 Å². The van der Waals surface area contributed by atoms with Gasteiger partial charge in [0.2, 0.25) is 5.88 Å². The van der Waals surface area contributed by atoms with E-state index >= 15 is 0 Å². The molecule has 0 fully saturated rings.